The second-order valence-electron chi connectivity index (χ2n) is 8.15. The Morgan fingerprint density at radius 3 is 2.56 bits per heavy atom. The predicted molar refractivity (Wildman–Crippen MR) is 131 cm³/mol. The number of hydrogen-bond acceptors (Lipinski definition) is 5. The Bertz CT molecular complexity index is 1170. The molecule has 0 radical (unpaired) electrons. The van der Waals surface area contributed by atoms with E-state index < -0.39 is 28.3 Å². The van der Waals surface area contributed by atoms with Gasteiger partial charge in [-0.25, -0.2) is 4.79 Å². The lowest BCUT2D eigenvalue weighted by molar-refractivity contribution is -0.137. The standard InChI is InChI=1S/C24H25ClF3N5O3/c1-23(21(34)30-11-9-29)13-18(8-10-32-23)36-17-5-2-15(3-6-17)14-31-22(35)33-16-4-7-20(25)19(12-16)24(26,27)28/h2-8,10,12H,9,11,13-14,29H2,1H3,(H,30,34)(H2,31,33,35). The number of halogens is 4. The minimum absolute atomic E-state index is 0.0408. The van der Waals surface area contributed by atoms with Gasteiger partial charge in [0.2, 0.25) is 5.91 Å². The summed E-state index contributed by atoms with van der Waals surface area (Å²) >= 11 is 5.59. The number of allylic oxidation sites excluding steroid dienone is 1. The highest BCUT2D eigenvalue weighted by atomic mass is 35.5. The molecule has 0 aliphatic carbocycles. The average Bonchev–Trinajstić information content (AvgIpc) is 2.82. The van der Waals surface area contributed by atoms with E-state index in [9.17, 15) is 22.8 Å². The number of rotatable bonds is 8. The first kappa shape index (κ1) is 27.0. The third-order valence-corrected chi connectivity index (χ3v) is 5.54. The smallest absolute Gasteiger partial charge is 0.417 e. The molecule has 1 aliphatic rings. The van der Waals surface area contributed by atoms with Gasteiger partial charge in [-0.1, -0.05) is 23.7 Å². The molecule has 1 heterocycles. The van der Waals surface area contributed by atoms with Crippen LogP contribution < -0.4 is 26.4 Å². The SMILES string of the molecule is CC1(C(=O)NCCN)CC(Oc2ccc(CNC(=O)Nc3ccc(Cl)c(C(F)(F)F)c3)cc2)=CC=N1. The van der Waals surface area contributed by atoms with Gasteiger partial charge in [-0.2, -0.15) is 13.2 Å². The number of anilines is 1. The number of benzene rings is 2. The summed E-state index contributed by atoms with van der Waals surface area (Å²) in [4.78, 5) is 28.8. The predicted octanol–water partition coefficient (Wildman–Crippen LogP) is 4.25. The maximum atomic E-state index is 13.0. The Balaban J connectivity index is 1.52. The molecule has 3 amide bonds. The number of nitrogens with zero attached hydrogens (tertiary/aromatic N) is 1. The van der Waals surface area contributed by atoms with Gasteiger partial charge in [0.05, 0.1) is 10.6 Å². The van der Waals surface area contributed by atoms with E-state index in [-0.39, 0.29) is 24.6 Å². The summed E-state index contributed by atoms with van der Waals surface area (Å²) in [7, 11) is 0. The molecule has 0 aromatic heterocycles. The fourth-order valence-electron chi connectivity index (χ4n) is 3.32. The highest BCUT2D eigenvalue weighted by molar-refractivity contribution is 6.31. The minimum atomic E-state index is -4.63. The van der Waals surface area contributed by atoms with Gasteiger partial charge in [-0.3, -0.25) is 9.79 Å². The van der Waals surface area contributed by atoms with Crippen molar-refractivity contribution in [2.24, 2.45) is 10.7 Å². The van der Waals surface area contributed by atoms with Crippen molar-refractivity contribution < 1.29 is 27.5 Å². The van der Waals surface area contributed by atoms with Crippen LogP contribution in [0.4, 0.5) is 23.7 Å². The molecular weight excluding hydrogens is 499 g/mol. The van der Waals surface area contributed by atoms with Crippen LogP contribution in [0, 0.1) is 0 Å². The summed E-state index contributed by atoms with van der Waals surface area (Å²) in [6.45, 7) is 2.51. The van der Waals surface area contributed by atoms with Crippen LogP contribution in [0.5, 0.6) is 5.75 Å². The molecule has 1 unspecified atom stereocenters. The molecule has 1 aliphatic heterocycles. The van der Waals surface area contributed by atoms with E-state index >= 15 is 0 Å². The van der Waals surface area contributed by atoms with E-state index in [1.54, 1.807) is 37.3 Å². The monoisotopic (exact) mass is 523 g/mol. The van der Waals surface area contributed by atoms with Gasteiger partial charge in [0.1, 0.15) is 17.0 Å². The van der Waals surface area contributed by atoms with Crippen LogP contribution in [-0.2, 0) is 17.5 Å². The summed E-state index contributed by atoms with van der Waals surface area (Å²) < 4.78 is 44.8. The van der Waals surface area contributed by atoms with E-state index in [4.69, 9.17) is 22.1 Å². The van der Waals surface area contributed by atoms with Gasteiger partial charge in [0, 0.05) is 38.0 Å². The zero-order chi connectivity index (χ0) is 26.3. The summed E-state index contributed by atoms with van der Waals surface area (Å²) in [5.74, 6) is 0.837. The van der Waals surface area contributed by atoms with E-state index in [0.29, 0.717) is 24.6 Å². The van der Waals surface area contributed by atoms with Crippen molar-refractivity contribution in [1.82, 2.24) is 10.6 Å². The zero-order valence-electron chi connectivity index (χ0n) is 19.3. The Labute approximate surface area is 210 Å². The lowest BCUT2D eigenvalue weighted by Crippen LogP contribution is -2.46. The lowest BCUT2D eigenvalue weighted by Gasteiger charge is -2.27. The van der Waals surface area contributed by atoms with Gasteiger partial charge < -0.3 is 26.4 Å². The second-order valence-corrected chi connectivity index (χ2v) is 8.56. The fourth-order valence-corrected chi connectivity index (χ4v) is 3.54. The molecule has 36 heavy (non-hydrogen) atoms. The number of urea groups is 1. The number of amides is 3. The molecule has 2 aromatic carbocycles. The number of ether oxygens (including phenoxy) is 1. The molecule has 0 spiro atoms. The molecule has 5 N–H and O–H groups in total. The molecule has 2 aromatic rings. The first-order chi connectivity index (χ1) is 17.0. The molecular formula is C24H25ClF3N5O3. The Kier molecular flexibility index (Phi) is 8.59. The van der Waals surface area contributed by atoms with Crippen molar-refractivity contribution in [2.45, 2.75) is 31.6 Å². The molecule has 192 valence electrons. The highest BCUT2D eigenvalue weighted by Gasteiger charge is 2.35. The number of dihydropyridines is 1. The van der Waals surface area contributed by atoms with Crippen LogP contribution in [0.3, 0.4) is 0 Å². The highest BCUT2D eigenvalue weighted by Crippen LogP contribution is 2.36. The molecule has 1 atom stereocenters. The number of carbonyl (C=O) groups is 2. The first-order valence-corrected chi connectivity index (χ1v) is 11.3. The van der Waals surface area contributed by atoms with Crippen molar-refractivity contribution in [1.29, 1.82) is 0 Å². The molecule has 12 heteroatoms. The maximum Gasteiger partial charge on any atom is 0.417 e. The number of aliphatic imine (C=N–C) groups is 1. The second kappa shape index (κ2) is 11.4. The molecule has 0 saturated carbocycles. The Morgan fingerprint density at radius 2 is 1.89 bits per heavy atom. The molecule has 0 saturated heterocycles. The van der Waals surface area contributed by atoms with E-state index in [1.165, 1.54) is 12.3 Å². The zero-order valence-corrected chi connectivity index (χ0v) is 20.0. The van der Waals surface area contributed by atoms with Gasteiger partial charge in [-0.15, -0.1) is 0 Å². The minimum Gasteiger partial charge on any atom is -0.462 e. The third-order valence-electron chi connectivity index (χ3n) is 5.21. The van der Waals surface area contributed by atoms with Crippen molar-refractivity contribution in [2.75, 3.05) is 18.4 Å². The van der Waals surface area contributed by atoms with Crippen molar-refractivity contribution in [3.8, 4) is 5.75 Å². The van der Waals surface area contributed by atoms with Gasteiger partial charge in [0.15, 0.2) is 0 Å². The maximum absolute atomic E-state index is 13.0. The fraction of sp³-hybridized carbons (Fsp3) is 0.292. The quantitative estimate of drug-likeness (QED) is 0.413. The Morgan fingerprint density at radius 1 is 1.17 bits per heavy atom. The van der Waals surface area contributed by atoms with Gasteiger partial charge >= 0.3 is 12.2 Å². The first-order valence-electron chi connectivity index (χ1n) is 10.9. The van der Waals surface area contributed by atoms with Crippen LogP contribution in [0.2, 0.25) is 5.02 Å². The van der Waals surface area contributed by atoms with Gasteiger partial charge in [0.25, 0.3) is 0 Å². The van der Waals surface area contributed by atoms with E-state index in [2.05, 4.69) is 20.9 Å². The van der Waals surface area contributed by atoms with Crippen LogP contribution in [0.15, 0.2) is 59.3 Å². The third kappa shape index (κ3) is 7.22. The summed E-state index contributed by atoms with van der Waals surface area (Å²) in [5, 5.41) is 7.20. The molecule has 0 fully saturated rings. The molecule has 3 rings (SSSR count). The largest absolute Gasteiger partial charge is 0.462 e. The van der Waals surface area contributed by atoms with E-state index in [0.717, 1.165) is 17.7 Å². The summed E-state index contributed by atoms with van der Waals surface area (Å²) in [6.07, 6.45) is -1.16. The number of hydrogen-bond donors (Lipinski definition) is 4. The van der Waals surface area contributed by atoms with Crippen LogP contribution in [0.1, 0.15) is 24.5 Å². The number of alkyl halides is 3. The van der Waals surface area contributed by atoms with Crippen molar-refractivity contribution in [3.63, 3.8) is 0 Å². The van der Waals surface area contributed by atoms with Gasteiger partial charge in [-0.05, 0) is 48.9 Å². The van der Waals surface area contributed by atoms with Crippen molar-refractivity contribution in [3.05, 3.63) is 70.4 Å². The average molecular weight is 524 g/mol. The topological polar surface area (TPSA) is 118 Å². The van der Waals surface area contributed by atoms with Crippen LogP contribution in [-0.4, -0.2) is 36.8 Å². The summed E-state index contributed by atoms with van der Waals surface area (Å²) in [6, 6.07) is 9.29. The number of nitrogens with two attached hydrogens (primary N) is 1. The molecule has 8 nitrogen and oxygen atoms in total. The number of carbonyl (C=O) groups excluding carboxylic acids is 2. The van der Waals surface area contributed by atoms with E-state index in [1.807, 2.05) is 0 Å². The normalized spacial score (nSPS) is 17.2. The van der Waals surface area contributed by atoms with Crippen LogP contribution >= 0.6 is 11.6 Å². The lowest BCUT2D eigenvalue weighted by atomic mass is 9.94. The van der Waals surface area contributed by atoms with Crippen molar-refractivity contribution >= 4 is 35.4 Å². The number of nitrogens with one attached hydrogen (secondary N) is 3. The van der Waals surface area contributed by atoms with Crippen LogP contribution in [0.25, 0.3) is 0 Å². The Hall–Kier alpha value is -3.57. The molecule has 0 bridgehead atoms. The summed E-state index contributed by atoms with van der Waals surface area (Å²) in [5.41, 5.74) is 4.09.